The van der Waals surface area contributed by atoms with Crippen molar-refractivity contribution in [1.82, 2.24) is 10.4 Å². The minimum absolute atomic E-state index is 0.0531. The highest BCUT2D eigenvalue weighted by molar-refractivity contribution is 5.94. The molecule has 0 aliphatic heterocycles. The van der Waals surface area contributed by atoms with Crippen molar-refractivity contribution in [3.8, 4) is 0 Å². The van der Waals surface area contributed by atoms with E-state index in [0.29, 0.717) is 5.56 Å². The fraction of sp³-hybridized carbons (Fsp3) is 0.231. The van der Waals surface area contributed by atoms with Crippen LogP contribution in [0.4, 0.5) is 0 Å². The first-order valence-corrected chi connectivity index (χ1v) is 5.37. The van der Waals surface area contributed by atoms with Crippen molar-refractivity contribution in [3.05, 3.63) is 41.5 Å². The zero-order valence-corrected chi connectivity index (χ0v) is 10.6. The van der Waals surface area contributed by atoms with E-state index in [2.05, 4.69) is 10.3 Å². The van der Waals surface area contributed by atoms with Crippen LogP contribution >= 0.6 is 0 Å². The number of hydrogen-bond donors (Lipinski definition) is 1. The smallest absolute Gasteiger partial charge is 0.267 e. The Morgan fingerprint density at radius 3 is 2.33 bits per heavy atom. The topological polar surface area (TPSA) is 58.6 Å². The third-order valence-corrected chi connectivity index (χ3v) is 2.19. The normalized spacial score (nSPS) is 10.4. The van der Waals surface area contributed by atoms with Gasteiger partial charge in [-0.15, -0.1) is 0 Å². The first kappa shape index (κ1) is 13.9. The van der Waals surface area contributed by atoms with Gasteiger partial charge in [0.05, 0.1) is 7.11 Å². The van der Waals surface area contributed by atoms with E-state index in [4.69, 9.17) is 0 Å². The lowest BCUT2D eigenvalue weighted by molar-refractivity contribution is -0.126. The molecule has 0 saturated heterocycles. The van der Waals surface area contributed by atoms with Crippen molar-refractivity contribution in [1.29, 1.82) is 0 Å². The number of hydrogen-bond acceptors (Lipinski definition) is 3. The molecule has 1 aromatic rings. The van der Waals surface area contributed by atoms with Gasteiger partial charge < -0.3 is 4.90 Å². The van der Waals surface area contributed by atoms with E-state index in [1.165, 1.54) is 18.1 Å². The summed E-state index contributed by atoms with van der Waals surface area (Å²) in [4.78, 5) is 28.7. The summed E-state index contributed by atoms with van der Waals surface area (Å²) in [6.45, 7) is 0. The minimum atomic E-state index is -0.342. The van der Waals surface area contributed by atoms with Crippen LogP contribution in [0.5, 0.6) is 0 Å². The van der Waals surface area contributed by atoms with Crippen LogP contribution in [0.3, 0.4) is 0 Å². The summed E-state index contributed by atoms with van der Waals surface area (Å²) >= 11 is 0. The van der Waals surface area contributed by atoms with E-state index in [1.807, 2.05) is 0 Å². The molecule has 0 radical (unpaired) electrons. The van der Waals surface area contributed by atoms with E-state index in [1.54, 1.807) is 44.4 Å². The zero-order valence-electron chi connectivity index (χ0n) is 10.6. The summed E-state index contributed by atoms with van der Waals surface area (Å²) in [6.07, 6.45) is 2.99. The Hall–Kier alpha value is -2.14. The van der Waals surface area contributed by atoms with Crippen molar-refractivity contribution in [2.45, 2.75) is 0 Å². The Morgan fingerprint density at radius 1 is 1.22 bits per heavy atom. The van der Waals surface area contributed by atoms with Crippen LogP contribution in [-0.4, -0.2) is 37.9 Å². The molecule has 5 heteroatoms. The summed E-state index contributed by atoms with van der Waals surface area (Å²) in [5, 5.41) is 0. The van der Waals surface area contributed by atoms with E-state index < -0.39 is 0 Å². The monoisotopic (exact) mass is 248 g/mol. The van der Waals surface area contributed by atoms with Gasteiger partial charge in [-0.1, -0.05) is 12.1 Å². The number of rotatable bonds is 4. The van der Waals surface area contributed by atoms with Crippen LogP contribution in [0.2, 0.25) is 0 Å². The number of carbonyl (C=O) groups is 2. The molecule has 0 atom stereocenters. The first-order valence-electron chi connectivity index (χ1n) is 5.37. The molecule has 1 aromatic carbocycles. The lowest BCUT2D eigenvalue weighted by atomic mass is 10.1. The Balaban J connectivity index is 2.72. The van der Waals surface area contributed by atoms with Crippen LogP contribution in [0.15, 0.2) is 30.3 Å². The predicted molar refractivity (Wildman–Crippen MR) is 68.6 cm³/mol. The molecule has 0 saturated carbocycles. The minimum Gasteiger partial charge on any atom is -0.345 e. The maximum atomic E-state index is 11.6. The van der Waals surface area contributed by atoms with Gasteiger partial charge in [0.25, 0.3) is 11.8 Å². The second kappa shape index (κ2) is 6.56. The van der Waals surface area contributed by atoms with Gasteiger partial charge in [0.2, 0.25) is 0 Å². The van der Waals surface area contributed by atoms with Crippen molar-refractivity contribution < 1.29 is 14.4 Å². The average Bonchev–Trinajstić information content (AvgIpc) is 2.36. The number of nitrogens with one attached hydrogen (secondary N) is 1. The molecule has 0 aliphatic carbocycles. The third kappa shape index (κ3) is 4.03. The Labute approximate surface area is 106 Å². The molecule has 0 bridgehead atoms. The lowest BCUT2D eigenvalue weighted by Gasteiger charge is -2.09. The molecule has 1 rings (SSSR count). The number of carbonyl (C=O) groups excluding carboxylic acids is 2. The van der Waals surface area contributed by atoms with Gasteiger partial charge in [-0.3, -0.25) is 14.4 Å². The first-order chi connectivity index (χ1) is 8.54. The molecule has 96 valence electrons. The number of benzene rings is 1. The molecule has 0 aliphatic rings. The molecular formula is C13H16N2O3. The van der Waals surface area contributed by atoms with Gasteiger partial charge in [0, 0.05) is 25.7 Å². The van der Waals surface area contributed by atoms with Crippen LogP contribution in [0.25, 0.3) is 6.08 Å². The summed E-state index contributed by atoms with van der Waals surface area (Å²) in [5.74, 6) is -0.395. The van der Waals surface area contributed by atoms with Gasteiger partial charge in [-0.25, -0.2) is 5.48 Å². The average molecular weight is 248 g/mol. The van der Waals surface area contributed by atoms with Crippen LogP contribution in [-0.2, 0) is 9.63 Å². The highest BCUT2D eigenvalue weighted by atomic mass is 16.6. The fourth-order valence-electron chi connectivity index (χ4n) is 1.30. The Bertz CT molecular complexity index is 450. The second-order valence-electron chi connectivity index (χ2n) is 3.83. The highest BCUT2D eigenvalue weighted by Crippen LogP contribution is 2.07. The van der Waals surface area contributed by atoms with Crippen LogP contribution in [0, 0.1) is 0 Å². The maximum absolute atomic E-state index is 11.6. The molecule has 5 nitrogen and oxygen atoms in total. The van der Waals surface area contributed by atoms with Crippen LogP contribution < -0.4 is 5.48 Å². The molecule has 1 N–H and O–H groups in total. The standard InChI is InChI=1S/C13H16N2O3/c1-15(2)13(17)11-7-4-10(5-8-11)6-9-12(16)14-18-3/h4-9H,1-3H3,(H,14,16)/b9-6+. The number of nitrogens with zero attached hydrogens (tertiary/aromatic N) is 1. The van der Waals surface area contributed by atoms with E-state index >= 15 is 0 Å². The second-order valence-corrected chi connectivity index (χ2v) is 3.83. The molecule has 0 spiro atoms. The summed E-state index contributed by atoms with van der Waals surface area (Å²) in [6, 6.07) is 6.98. The fourth-order valence-corrected chi connectivity index (χ4v) is 1.30. The molecule has 0 unspecified atom stereocenters. The summed E-state index contributed by atoms with van der Waals surface area (Å²) in [5.41, 5.74) is 3.61. The molecular weight excluding hydrogens is 232 g/mol. The summed E-state index contributed by atoms with van der Waals surface area (Å²) in [7, 11) is 4.77. The largest absolute Gasteiger partial charge is 0.345 e. The molecule has 0 fully saturated rings. The summed E-state index contributed by atoms with van der Waals surface area (Å²) < 4.78 is 0. The third-order valence-electron chi connectivity index (χ3n) is 2.19. The number of amides is 2. The quantitative estimate of drug-likeness (QED) is 0.640. The van der Waals surface area contributed by atoms with Gasteiger partial charge in [0.15, 0.2) is 0 Å². The van der Waals surface area contributed by atoms with Gasteiger partial charge in [-0.05, 0) is 23.8 Å². The SMILES string of the molecule is CONC(=O)/C=C/c1ccc(C(=O)N(C)C)cc1. The highest BCUT2D eigenvalue weighted by Gasteiger charge is 2.06. The van der Waals surface area contributed by atoms with Crippen molar-refractivity contribution in [3.63, 3.8) is 0 Å². The predicted octanol–water partition coefficient (Wildman–Crippen LogP) is 1.08. The molecule has 2 amide bonds. The van der Waals surface area contributed by atoms with E-state index in [0.717, 1.165) is 5.56 Å². The Morgan fingerprint density at radius 2 is 1.83 bits per heavy atom. The van der Waals surface area contributed by atoms with Gasteiger partial charge in [0.1, 0.15) is 0 Å². The molecule has 18 heavy (non-hydrogen) atoms. The molecule has 0 aromatic heterocycles. The van der Waals surface area contributed by atoms with Gasteiger partial charge in [-0.2, -0.15) is 0 Å². The van der Waals surface area contributed by atoms with Crippen LogP contribution in [0.1, 0.15) is 15.9 Å². The lowest BCUT2D eigenvalue weighted by Crippen LogP contribution is -2.21. The number of hydroxylamine groups is 1. The van der Waals surface area contributed by atoms with E-state index in [-0.39, 0.29) is 11.8 Å². The van der Waals surface area contributed by atoms with Gasteiger partial charge >= 0.3 is 0 Å². The zero-order chi connectivity index (χ0) is 13.5. The Kier molecular flexibility index (Phi) is 5.07. The maximum Gasteiger partial charge on any atom is 0.267 e. The van der Waals surface area contributed by atoms with E-state index in [9.17, 15) is 9.59 Å². The van der Waals surface area contributed by atoms with Crippen molar-refractivity contribution >= 4 is 17.9 Å². The van der Waals surface area contributed by atoms with Crippen molar-refractivity contribution in [2.24, 2.45) is 0 Å². The molecule has 0 heterocycles. The van der Waals surface area contributed by atoms with Crippen molar-refractivity contribution in [2.75, 3.05) is 21.2 Å².